The lowest BCUT2D eigenvalue weighted by Crippen LogP contribution is -2.27. The number of nitrogens with one attached hydrogen (secondary N) is 3. The van der Waals surface area contributed by atoms with Crippen molar-refractivity contribution in [2.45, 2.75) is 12.5 Å². The van der Waals surface area contributed by atoms with Crippen LogP contribution in [0.1, 0.15) is 17.5 Å². The molecule has 1 fully saturated rings. The van der Waals surface area contributed by atoms with Gasteiger partial charge in [-0.15, -0.1) is 0 Å². The number of halogens is 1. The van der Waals surface area contributed by atoms with Crippen molar-refractivity contribution in [3.63, 3.8) is 0 Å². The maximum Gasteiger partial charge on any atom is 0.289 e. The predicted octanol–water partition coefficient (Wildman–Crippen LogP) is 2.39. The molecule has 5 N–H and O–H groups in total. The average molecular weight is 404 g/mol. The van der Waals surface area contributed by atoms with Gasteiger partial charge in [-0.25, -0.2) is 9.38 Å². The summed E-state index contributed by atoms with van der Waals surface area (Å²) in [4.78, 5) is 18.9. The zero-order chi connectivity index (χ0) is 21.3. The van der Waals surface area contributed by atoms with E-state index in [0.717, 1.165) is 0 Å². The Hall–Kier alpha value is -4.19. The Bertz CT molecular complexity index is 1220. The molecule has 30 heavy (non-hydrogen) atoms. The quantitative estimate of drug-likeness (QED) is 0.393. The molecule has 8 nitrogen and oxygen atoms in total. The molecular weight excluding hydrogens is 387 g/mol. The lowest BCUT2D eigenvalue weighted by atomic mass is 10.0. The third-order valence-electron chi connectivity index (χ3n) is 4.80. The van der Waals surface area contributed by atoms with E-state index in [2.05, 4.69) is 15.3 Å². The number of nitrogens with two attached hydrogens (primary N) is 1. The number of nitriles is 1. The van der Waals surface area contributed by atoms with E-state index in [4.69, 9.17) is 21.1 Å². The van der Waals surface area contributed by atoms with Gasteiger partial charge >= 0.3 is 0 Å². The van der Waals surface area contributed by atoms with Crippen molar-refractivity contribution in [2.75, 3.05) is 6.54 Å². The monoisotopic (exact) mass is 404 g/mol. The summed E-state index contributed by atoms with van der Waals surface area (Å²) in [5, 5.41) is 20.5. The van der Waals surface area contributed by atoms with Crippen LogP contribution in [-0.2, 0) is 9.53 Å². The Morgan fingerprint density at radius 1 is 1.30 bits per heavy atom. The Morgan fingerprint density at radius 3 is 2.73 bits per heavy atom. The molecule has 1 amide bonds. The fourth-order valence-corrected chi connectivity index (χ4v) is 3.37. The van der Waals surface area contributed by atoms with Crippen LogP contribution in [0.25, 0.3) is 22.2 Å². The highest BCUT2D eigenvalue weighted by Gasteiger charge is 2.25. The molecule has 0 radical (unpaired) electrons. The minimum Gasteiger partial charge on any atom is -0.407 e. The van der Waals surface area contributed by atoms with Crippen molar-refractivity contribution in [1.29, 1.82) is 10.7 Å². The largest absolute Gasteiger partial charge is 0.407 e. The Balaban J connectivity index is 1.74. The minimum atomic E-state index is -0.656. The molecule has 0 saturated carbocycles. The SMILES string of the molecule is N#Cc1ccc(-c2[nH]c3ccc(F)cc3c2C(=N)OC(N)=NC2CCNC2=O)cc1. The number of ether oxygens (including phenoxy) is 1. The zero-order valence-electron chi connectivity index (χ0n) is 15.7. The summed E-state index contributed by atoms with van der Waals surface area (Å²) in [5.74, 6) is -1.06. The number of hydrogen-bond donors (Lipinski definition) is 4. The van der Waals surface area contributed by atoms with Crippen LogP contribution in [0.4, 0.5) is 4.39 Å². The first-order chi connectivity index (χ1) is 14.5. The number of rotatable bonds is 3. The molecule has 1 aliphatic heterocycles. The van der Waals surface area contributed by atoms with Crippen LogP contribution >= 0.6 is 0 Å². The molecule has 0 bridgehead atoms. The number of benzene rings is 2. The van der Waals surface area contributed by atoms with Crippen LogP contribution in [-0.4, -0.2) is 35.4 Å². The summed E-state index contributed by atoms with van der Waals surface area (Å²) in [7, 11) is 0. The van der Waals surface area contributed by atoms with E-state index >= 15 is 0 Å². The predicted molar refractivity (Wildman–Crippen MR) is 109 cm³/mol. The highest BCUT2D eigenvalue weighted by Crippen LogP contribution is 2.31. The second-order valence-corrected chi connectivity index (χ2v) is 6.75. The molecule has 0 aliphatic carbocycles. The van der Waals surface area contributed by atoms with Gasteiger partial charge in [0.25, 0.3) is 6.02 Å². The van der Waals surface area contributed by atoms with Gasteiger partial charge in [0.15, 0.2) is 0 Å². The van der Waals surface area contributed by atoms with Gasteiger partial charge in [0.05, 0.1) is 22.9 Å². The zero-order valence-corrected chi connectivity index (χ0v) is 15.7. The van der Waals surface area contributed by atoms with Crippen molar-refractivity contribution >= 4 is 28.7 Å². The number of amides is 1. The molecular formula is C21H17FN6O2. The van der Waals surface area contributed by atoms with Crippen molar-refractivity contribution in [1.82, 2.24) is 10.3 Å². The van der Waals surface area contributed by atoms with Crippen LogP contribution in [0.3, 0.4) is 0 Å². The molecule has 1 aromatic heterocycles. The van der Waals surface area contributed by atoms with Crippen molar-refractivity contribution in [3.8, 4) is 17.3 Å². The molecule has 150 valence electrons. The number of aromatic amines is 1. The normalized spacial score (nSPS) is 16.3. The molecule has 1 unspecified atom stereocenters. The third-order valence-corrected chi connectivity index (χ3v) is 4.80. The highest BCUT2D eigenvalue weighted by atomic mass is 19.1. The molecule has 2 heterocycles. The van der Waals surface area contributed by atoms with E-state index in [1.165, 1.54) is 12.1 Å². The number of carbonyl (C=O) groups excluding carboxylic acids is 1. The maximum atomic E-state index is 13.9. The second kappa shape index (κ2) is 7.67. The van der Waals surface area contributed by atoms with Gasteiger partial charge in [-0.2, -0.15) is 5.26 Å². The summed E-state index contributed by atoms with van der Waals surface area (Å²) >= 11 is 0. The van der Waals surface area contributed by atoms with E-state index in [9.17, 15) is 9.18 Å². The summed E-state index contributed by atoms with van der Waals surface area (Å²) < 4.78 is 19.3. The van der Waals surface area contributed by atoms with Crippen LogP contribution in [0.15, 0.2) is 47.5 Å². The molecule has 0 spiro atoms. The van der Waals surface area contributed by atoms with Crippen LogP contribution in [0, 0.1) is 22.6 Å². The topological polar surface area (TPSA) is 140 Å². The summed E-state index contributed by atoms with van der Waals surface area (Å²) in [6, 6.07) is 12.0. The van der Waals surface area contributed by atoms with Crippen molar-refractivity contribution < 1.29 is 13.9 Å². The van der Waals surface area contributed by atoms with Crippen molar-refractivity contribution in [3.05, 3.63) is 59.4 Å². The van der Waals surface area contributed by atoms with Gasteiger partial charge in [-0.3, -0.25) is 10.2 Å². The Kier molecular flexibility index (Phi) is 4.90. The van der Waals surface area contributed by atoms with Gasteiger partial charge in [0.1, 0.15) is 11.9 Å². The first-order valence-corrected chi connectivity index (χ1v) is 9.16. The lowest BCUT2D eigenvalue weighted by molar-refractivity contribution is -0.120. The average Bonchev–Trinajstić information content (AvgIpc) is 3.31. The first-order valence-electron chi connectivity index (χ1n) is 9.16. The molecule has 1 aliphatic rings. The molecule has 2 aromatic carbocycles. The highest BCUT2D eigenvalue weighted by molar-refractivity contribution is 6.13. The van der Waals surface area contributed by atoms with Crippen molar-refractivity contribution in [2.24, 2.45) is 10.7 Å². The fraction of sp³-hybridized carbons (Fsp3) is 0.143. The van der Waals surface area contributed by atoms with Crippen LogP contribution in [0.2, 0.25) is 0 Å². The van der Waals surface area contributed by atoms with E-state index in [-0.39, 0.29) is 17.8 Å². The van der Waals surface area contributed by atoms with E-state index in [0.29, 0.717) is 46.3 Å². The van der Waals surface area contributed by atoms with Crippen LogP contribution in [0.5, 0.6) is 0 Å². The number of aliphatic imine (C=N–C) groups is 1. The molecule has 1 saturated heterocycles. The Labute approximate surface area is 170 Å². The number of fused-ring (bicyclic) bond motifs is 1. The molecule has 1 atom stereocenters. The molecule has 4 rings (SSSR count). The van der Waals surface area contributed by atoms with E-state index in [1.54, 1.807) is 30.3 Å². The van der Waals surface area contributed by atoms with Gasteiger partial charge in [-0.1, -0.05) is 12.1 Å². The number of amidine groups is 1. The molecule has 3 aromatic rings. The Morgan fingerprint density at radius 2 is 2.07 bits per heavy atom. The van der Waals surface area contributed by atoms with Gasteiger partial charge < -0.3 is 20.8 Å². The number of carbonyl (C=O) groups is 1. The first kappa shape index (κ1) is 19.1. The third kappa shape index (κ3) is 3.58. The summed E-state index contributed by atoms with van der Waals surface area (Å²) in [6.45, 7) is 0.502. The van der Waals surface area contributed by atoms with Gasteiger partial charge in [0, 0.05) is 17.4 Å². The number of hydrogen-bond acceptors (Lipinski definition) is 5. The number of aromatic nitrogens is 1. The van der Waals surface area contributed by atoms with Gasteiger partial charge in [-0.05, 0) is 42.3 Å². The number of H-pyrrole nitrogens is 1. The lowest BCUT2D eigenvalue weighted by Gasteiger charge is -2.09. The van der Waals surface area contributed by atoms with E-state index in [1.807, 2.05) is 6.07 Å². The fourth-order valence-electron chi connectivity index (χ4n) is 3.37. The van der Waals surface area contributed by atoms with Gasteiger partial charge in [0.2, 0.25) is 11.8 Å². The second-order valence-electron chi connectivity index (χ2n) is 6.75. The number of nitrogens with zero attached hydrogens (tertiary/aromatic N) is 2. The van der Waals surface area contributed by atoms with E-state index < -0.39 is 11.9 Å². The van der Waals surface area contributed by atoms with Crippen LogP contribution < -0.4 is 11.1 Å². The standard InChI is InChI=1S/C21H17FN6O2/c22-13-5-6-15-14(9-13)17(18(27-15)12-3-1-11(10-23)2-4-12)19(24)30-21(25)28-16-7-8-26-20(16)29/h1-6,9,16,24,27H,7-8H2,(H2,25,28)(H,26,29). The summed E-state index contributed by atoms with van der Waals surface area (Å²) in [6.07, 6.45) is 0.491. The maximum absolute atomic E-state index is 13.9. The molecule has 9 heteroatoms. The minimum absolute atomic E-state index is 0.250. The smallest absolute Gasteiger partial charge is 0.289 e. The summed E-state index contributed by atoms with van der Waals surface area (Å²) in [5.41, 5.74) is 8.38.